The highest BCUT2D eigenvalue weighted by atomic mass is 19.1. The van der Waals surface area contributed by atoms with Crippen molar-refractivity contribution in [3.8, 4) is 0 Å². The predicted molar refractivity (Wildman–Crippen MR) is 80.9 cm³/mol. The van der Waals surface area contributed by atoms with Gasteiger partial charge in [-0.05, 0) is 36.2 Å². The van der Waals surface area contributed by atoms with Crippen molar-refractivity contribution in [2.45, 2.75) is 12.5 Å². The highest BCUT2D eigenvalue weighted by Crippen LogP contribution is 2.24. The molecule has 0 aliphatic carbocycles. The molecule has 2 rings (SSSR count). The summed E-state index contributed by atoms with van der Waals surface area (Å²) >= 11 is 0. The van der Waals surface area contributed by atoms with Crippen LogP contribution in [-0.2, 0) is 6.42 Å². The minimum absolute atomic E-state index is 0.0377. The first-order valence-corrected chi connectivity index (χ1v) is 6.69. The standard InChI is InChI=1S/C16H19F2N3/c1-21(2)12-6-3-5-11(9-12)16(20-19)10-13-14(17)7-4-8-15(13)18/h3-9,16,20H,10,19H2,1-2H3. The Balaban J connectivity index is 2.30. The molecule has 5 heteroatoms. The lowest BCUT2D eigenvalue weighted by molar-refractivity contribution is 0.500. The number of nitrogens with one attached hydrogen (secondary N) is 1. The second kappa shape index (κ2) is 6.65. The van der Waals surface area contributed by atoms with Crippen molar-refractivity contribution in [3.05, 3.63) is 65.2 Å². The van der Waals surface area contributed by atoms with Gasteiger partial charge in [-0.2, -0.15) is 0 Å². The Labute approximate surface area is 123 Å². The maximum absolute atomic E-state index is 13.8. The number of hydrogen-bond acceptors (Lipinski definition) is 3. The van der Waals surface area contributed by atoms with E-state index in [1.54, 1.807) is 0 Å². The first-order chi connectivity index (χ1) is 10.0. The zero-order chi connectivity index (χ0) is 15.4. The summed E-state index contributed by atoms with van der Waals surface area (Å²) < 4.78 is 27.5. The smallest absolute Gasteiger partial charge is 0.129 e. The summed E-state index contributed by atoms with van der Waals surface area (Å²) in [6.07, 6.45) is 0.145. The van der Waals surface area contributed by atoms with E-state index >= 15 is 0 Å². The van der Waals surface area contributed by atoms with E-state index in [4.69, 9.17) is 5.84 Å². The maximum atomic E-state index is 13.8. The van der Waals surface area contributed by atoms with Crippen LogP contribution in [0, 0.1) is 11.6 Å². The van der Waals surface area contributed by atoms with Crippen LogP contribution in [0.25, 0.3) is 0 Å². The van der Waals surface area contributed by atoms with Crippen LogP contribution in [0.3, 0.4) is 0 Å². The zero-order valence-corrected chi connectivity index (χ0v) is 12.1. The zero-order valence-electron chi connectivity index (χ0n) is 12.1. The van der Waals surface area contributed by atoms with E-state index in [1.807, 2.05) is 43.3 Å². The van der Waals surface area contributed by atoms with Crippen molar-refractivity contribution in [2.24, 2.45) is 5.84 Å². The SMILES string of the molecule is CN(C)c1cccc(C(Cc2c(F)cccc2F)NN)c1. The second-order valence-corrected chi connectivity index (χ2v) is 5.11. The summed E-state index contributed by atoms with van der Waals surface area (Å²) in [5, 5.41) is 0. The number of halogens is 2. The molecule has 0 heterocycles. The molecule has 0 saturated heterocycles. The second-order valence-electron chi connectivity index (χ2n) is 5.11. The molecule has 2 aromatic carbocycles. The molecule has 0 bridgehead atoms. The average Bonchev–Trinajstić information content (AvgIpc) is 2.47. The Morgan fingerprint density at radius 3 is 2.29 bits per heavy atom. The maximum Gasteiger partial charge on any atom is 0.129 e. The van der Waals surface area contributed by atoms with Gasteiger partial charge >= 0.3 is 0 Å². The molecule has 1 unspecified atom stereocenters. The molecular formula is C16H19F2N3. The molecule has 0 aliphatic rings. The molecule has 1 atom stereocenters. The van der Waals surface area contributed by atoms with Gasteiger partial charge in [0.2, 0.25) is 0 Å². The van der Waals surface area contributed by atoms with Gasteiger partial charge in [0, 0.05) is 25.3 Å². The quantitative estimate of drug-likeness (QED) is 0.657. The van der Waals surface area contributed by atoms with Gasteiger partial charge in [-0.3, -0.25) is 11.3 Å². The van der Waals surface area contributed by atoms with Crippen molar-refractivity contribution in [2.75, 3.05) is 19.0 Å². The third kappa shape index (κ3) is 3.56. The summed E-state index contributed by atoms with van der Waals surface area (Å²) in [6, 6.07) is 11.2. The molecule has 0 spiro atoms. The Morgan fingerprint density at radius 1 is 1.10 bits per heavy atom. The van der Waals surface area contributed by atoms with Gasteiger partial charge in [-0.1, -0.05) is 18.2 Å². The fourth-order valence-electron chi connectivity index (χ4n) is 2.22. The molecule has 0 aliphatic heterocycles. The monoisotopic (exact) mass is 291 g/mol. The Hall–Kier alpha value is -1.98. The van der Waals surface area contributed by atoms with E-state index in [2.05, 4.69) is 5.43 Å². The number of nitrogens with zero attached hydrogens (tertiary/aromatic N) is 1. The summed E-state index contributed by atoms with van der Waals surface area (Å²) in [5.41, 5.74) is 4.56. The van der Waals surface area contributed by atoms with E-state index in [-0.39, 0.29) is 18.0 Å². The molecule has 0 aromatic heterocycles. The van der Waals surface area contributed by atoms with Crippen LogP contribution < -0.4 is 16.2 Å². The van der Waals surface area contributed by atoms with E-state index < -0.39 is 11.6 Å². The van der Waals surface area contributed by atoms with Gasteiger partial charge in [-0.15, -0.1) is 0 Å². The van der Waals surface area contributed by atoms with E-state index in [0.717, 1.165) is 11.3 Å². The van der Waals surface area contributed by atoms with Crippen molar-refractivity contribution in [1.29, 1.82) is 0 Å². The number of nitrogens with two attached hydrogens (primary N) is 1. The van der Waals surface area contributed by atoms with E-state index in [9.17, 15) is 8.78 Å². The van der Waals surface area contributed by atoms with Gasteiger partial charge in [0.25, 0.3) is 0 Å². The van der Waals surface area contributed by atoms with Crippen molar-refractivity contribution < 1.29 is 8.78 Å². The Kier molecular flexibility index (Phi) is 4.88. The predicted octanol–water partition coefficient (Wildman–Crippen LogP) is 2.78. The summed E-state index contributed by atoms with van der Waals surface area (Å²) in [7, 11) is 3.86. The molecule has 0 amide bonds. The largest absolute Gasteiger partial charge is 0.378 e. The molecule has 2 aromatic rings. The summed E-state index contributed by atoms with van der Waals surface area (Å²) in [4.78, 5) is 1.96. The van der Waals surface area contributed by atoms with Gasteiger partial charge in [-0.25, -0.2) is 8.78 Å². The average molecular weight is 291 g/mol. The molecule has 0 fully saturated rings. The van der Waals surface area contributed by atoms with Crippen molar-refractivity contribution >= 4 is 5.69 Å². The van der Waals surface area contributed by atoms with Crippen LogP contribution in [0.5, 0.6) is 0 Å². The molecule has 0 radical (unpaired) electrons. The molecular weight excluding hydrogens is 272 g/mol. The molecule has 0 saturated carbocycles. The minimum atomic E-state index is -0.556. The Morgan fingerprint density at radius 2 is 1.71 bits per heavy atom. The van der Waals surface area contributed by atoms with Crippen LogP contribution in [-0.4, -0.2) is 14.1 Å². The number of hydrazine groups is 1. The highest BCUT2D eigenvalue weighted by Gasteiger charge is 2.17. The van der Waals surface area contributed by atoms with Gasteiger partial charge in [0.05, 0.1) is 6.04 Å². The first kappa shape index (κ1) is 15.4. The van der Waals surface area contributed by atoms with Crippen LogP contribution in [0.1, 0.15) is 17.2 Å². The van der Waals surface area contributed by atoms with Gasteiger partial charge in [0.1, 0.15) is 11.6 Å². The van der Waals surface area contributed by atoms with Crippen LogP contribution >= 0.6 is 0 Å². The number of anilines is 1. The number of benzene rings is 2. The third-order valence-electron chi connectivity index (χ3n) is 3.46. The third-order valence-corrected chi connectivity index (χ3v) is 3.46. The minimum Gasteiger partial charge on any atom is -0.378 e. The van der Waals surface area contributed by atoms with Crippen LogP contribution in [0.4, 0.5) is 14.5 Å². The van der Waals surface area contributed by atoms with E-state index in [0.29, 0.717) is 0 Å². The van der Waals surface area contributed by atoms with Crippen LogP contribution in [0.15, 0.2) is 42.5 Å². The normalized spacial score (nSPS) is 12.2. The van der Waals surface area contributed by atoms with Crippen molar-refractivity contribution in [1.82, 2.24) is 5.43 Å². The van der Waals surface area contributed by atoms with Crippen LogP contribution in [0.2, 0.25) is 0 Å². The number of rotatable bonds is 5. The molecule has 21 heavy (non-hydrogen) atoms. The molecule has 112 valence electrons. The Bertz CT molecular complexity index is 594. The fourth-order valence-corrected chi connectivity index (χ4v) is 2.22. The lowest BCUT2D eigenvalue weighted by Crippen LogP contribution is -2.30. The fraction of sp³-hybridized carbons (Fsp3) is 0.250. The highest BCUT2D eigenvalue weighted by molar-refractivity contribution is 5.48. The first-order valence-electron chi connectivity index (χ1n) is 6.69. The molecule has 3 N–H and O–H groups in total. The van der Waals surface area contributed by atoms with Gasteiger partial charge < -0.3 is 4.90 Å². The van der Waals surface area contributed by atoms with E-state index in [1.165, 1.54) is 18.2 Å². The van der Waals surface area contributed by atoms with Gasteiger partial charge in [0.15, 0.2) is 0 Å². The molecule has 3 nitrogen and oxygen atoms in total. The lowest BCUT2D eigenvalue weighted by Gasteiger charge is -2.20. The summed E-state index contributed by atoms with van der Waals surface area (Å²) in [6.45, 7) is 0. The number of hydrogen-bond donors (Lipinski definition) is 2. The summed E-state index contributed by atoms with van der Waals surface area (Å²) in [5.74, 6) is 4.46. The van der Waals surface area contributed by atoms with Crippen molar-refractivity contribution in [3.63, 3.8) is 0 Å². The lowest BCUT2D eigenvalue weighted by atomic mass is 9.98. The topological polar surface area (TPSA) is 41.3 Å².